The second kappa shape index (κ2) is 10.8. The van der Waals surface area contributed by atoms with Gasteiger partial charge in [0.15, 0.2) is 0 Å². The molecule has 0 saturated heterocycles. The number of alkyl halides is 2. The van der Waals surface area contributed by atoms with Crippen molar-refractivity contribution in [3.63, 3.8) is 0 Å². The van der Waals surface area contributed by atoms with Gasteiger partial charge in [-0.25, -0.2) is 8.78 Å². The number of carbonyl (C=O) groups is 1. The van der Waals surface area contributed by atoms with Crippen LogP contribution in [0.5, 0.6) is 11.5 Å². The fourth-order valence-corrected chi connectivity index (χ4v) is 3.19. The highest BCUT2D eigenvalue weighted by Crippen LogP contribution is 2.32. The molecule has 6 nitrogen and oxygen atoms in total. The Balaban J connectivity index is 1.77. The van der Waals surface area contributed by atoms with Crippen LogP contribution in [-0.2, 0) is 0 Å². The number of anilines is 1. The molecular formula is C25H27F2N3O3. The molecular weight excluding hydrogens is 428 g/mol. The van der Waals surface area contributed by atoms with Gasteiger partial charge in [-0.15, -0.1) is 5.73 Å². The predicted octanol–water partition coefficient (Wildman–Crippen LogP) is 4.53. The van der Waals surface area contributed by atoms with Gasteiger partial charge in [0.25, 0.3) is 11.8 Å². The maximum absolute atomic E-state index is 13.0. The van der Waals surface area contributed by atoms with E-state index in [1.807, 2.05) is 24.1 Å². The van der Waals surface area contributed by atoms with Gasteiger partial charge in [-0.3, -0.25) is 4.79 Å². The Morgan fingerprint density at radius 3 is 2.76 bits per heavy atom. The lowest BCUT2D eigenvalue weighted by Crippen LogP contribution is -2.32. The first-order valence-corrected chi connectivity index (χ1v) is 10.4. The molecule has 3 rings (SSSR count). The minimum Gasteiger partial charge on any atom is -0.497 e. The van der Waals surface area contributed by atoms with Crippen molar-refractivity contribution in [3.8, 4) is 11.5 Å². The summed E-state index contributed by atoms with van der Waals surface area (Å²) in [6.45, 7) is 0.930. The van der Waals surface area contributed by atoms with Crippen LogP contribution in [0.15, 0.2) is 66.5 Å². The average molecular weight is 456 g/mol. The molecule has 1 aliphatic rings. The molecule has 1 amide bonds. The summed E-state index contributed by atoms with van der Waals surface area (Å²) in [5, 5.41) is 5.58. The fourth-order valence-electron chi connectivity index (χ4n) is 3.19. The number of carbonyl (C=O) groups excluding carboxylic acids is 1. The van der Waals surface area contributed by atoms with Gasteiger partial charge in [0.2, 0.25) is 0 Å². The molecule has 0 aliphatic carbocycles. The third kappa shape index (κ3) is 6.94. The molecule has 0 spiro atoms. The van der Waals surface area contributed by atoms with Crippen molar-refractivity contribution >= 4 is 17.3 Å². The number of benzene rings is 2. The van der Waals surface area contributed by atoms with E-state index < -0.39 is 12.5 Å². The Morgan fingerprint density at radius 2 is 2.03 bits per heavy atom. The quantitative estimate of drug-likeness (QED) is 0.407. The van der Waals surface area contributed by atoms with Crippen LogP contribution < -0.4 is 20.1 Å². The van der Waals surface area contributed by atoms with E-state index >= 15 is 0 Å². The highest BCUT2D eigenvalue weighted by Gasteiger charge is 2.20. The van der Waals surface area contributed by atoms with Crippen LogP contribution >= 0.6 is 0 Å². The Kier molecular flexibility index (Phi) is 7.87. The van der Waals surface area contributed by atoms with E-state index in [0.717, 1.165) is 18.2 Å². The van der Waals surface area contributed by atoms with Crippen LogP contribution in [0.3, 0.4) is 0 Å². The van der Waals surface area contributed by atoms with E-state index in [-0.39, 0.29) is 19.1 Å². The lowest BCUT2D eigenvalue weighted by molar-refractivity contribution is 0.0222. The molecule has 2 aromatic carbocycles. The first-order valence-electron chi connectivity index (χ1n) is 10.4. The highest BCUT2D eigenvalue weighted by molar-refractivity contribution is 6.04. The molecule has 8 heteroatoms. The Hall–Kier alpha value is -3.61. The van der Waals surface area contributed by atoms with E-state index in [4.69, 9.17) is 9.47 Å². The summed E-state index contributed by atoms with van der Waals surface area (Å²) in [5.41, 5.74) is 5.64. The molecule has 174 valence electrons. The minimum atomic E-state index is -2.78. The first kappa shape index (κ1) is 24.0. The summed E-state index contributed by atoms with van der Waals surface area (Å²) >= 11 is 0. The van der Waals surface area contributed by atoms with Gasteiger partial charge in [-0.05, 0) is 48.6 Å². The summed E-state index contributed by atoms with van der Waals surface area (Å²) in [5.74, 6) is -1.89. The molecule has 0 bridgehead atoms. The largest absolute Gasteiger partial charge is 0.497 e. The molecule has 0 radical (unpaired) electrons. The lowest BCUT2D eigenvalue weighted by atomic mass is 10.1. The number of halogens is 2. The van der Waals surface area contributed by atoms with Crippen LogP contribution in [0.4, 0.5) is 14.5 Å². The van der Waals surface area contributed by atoms with Crippen molar-refractivity contribution in [1.29, 1.82) is 0 Å². The van der Waals surface area contributed by atoms with E-state index in [1.165, 1.54) is 0 Å². The molecule has 0 atom stereocenters. The minimum absolute atomic E-state index is 0.210. The highest BCUT2D eigenvalue weighted by atomic mass is 19.3. The van der Waals surface area contributed by atoms with Crippen LogP contribution in [0.2, 0.25) is 0 Å². The Labute approximate surface area is 192 Å². The topological polar surface area (TPSA) is 62.8 Å². The van der Waals surface area contributed by atoms with E-state index in [0.29, 0.717) is 22.7 Å². The molecule has 0 fully saturated rings. The van der Waals surface area contributed by atoms with Gasteiger partial charge in [0, 0.05) is 43.5 Å². The second-order valence-electron chi connectivity index (χ2n) is 7.62. The van der Waals surface area contributed by atoms with Gasteiger partial charge < -0.3 is 25.0 Å². The predicted molar refractivity (Wildman–Crippen MR) is 125 cm³/mol. The number of allylic oxidation sites excluding steroid dienone is 2. The molecule has 0 saturated carbocycles. The summed E-state index contributed by atoms with van der Waals surface area (Å²) in [7, 11) is 3.42. The van der Waals surface area contributed by atoms with E-state index in [1.54, 1.807) is 55.8 Å². The molecule has 0 aromatic heterocycles. The van der Waals surface area contributed by atoms with E-state index in [2.05, 4.69) is 16.4 Å². The number of nitrogens with zero attached hydrogens (tertiary/aromatic N) is 1. The van der Waals surface area contributed by atoms with Crippen molar-refractivity contribution < 1.29 is 23.0 Å². The van der Waals surface area contributed by atoms with Crippen molar-refractivity contribution in [2.75, 3.05) is 39.2 Å². The molecule has 1 heterocycles. The van der Waals surface area contributed by atoms with Crippen molar-refractivity contribution in [3.05, 3.63) is 77.7 Å². The second-order valence-corrected chi connectivity index (χ2v) is 7.62. The number of methoxy groups -OCH3 is 1. The molecule has 2 N–H and O–H groups in total. The number of hydrogen-bond donors (Lipinski definition) is 2. The van der Waals surface area contributed by atoms with Crippen molar-refractivity contribution in [2.24, 2.45) is 0 Å². The van der Waals surface area contributed by atoms with Gasteiger partial charge >= 0.3 is 0 Å². The summed E-state index contributed by atoms with van der Waals surface area (Å²) in [6.07, 6.45) is 5.45. The monoisotopic (exact) mass is 455 g/mol. The number of ether oxygens (including phenoxy) is 2. The van der Waals surface area contributed by atoms with E-state index in [9.17, 15) is 13.6 Å². The number of hydrogen-bond acceptors (Lipinski definition) is 5. The Bertz CT molecular complexity index is 1090. The molecule has 2 aromatic rings. The number of amides is 1. The van der Waals surface area contributed by atoms with Crippen LogP contribution in [0.25, 0.3) is 5.70 Å². The third-order valence-corrected chi connectivity index (χ3v) is 4.80. The number of rotatable bonds is 10. The zero-order chi connectivity index (χ0) is 23.8. The van der Waals surface area contributed by atoms with Crippen LogP contribution in [-0.4, -0.2) is 50.6 Å². The van der Waals surface area contributed by atoms with Gasteiger partial charge in [-0.1, -0.05) is 6.07 Å². The first-order chi connectivity index (χ1) is 15.8. The molecule has 33 heavy (non-hydrogen) atoms. The van der Waals surface area contributed by atoms with Crippen molar-refractivity contribution in [1.82, 2.24) is 10.2 Å². The standard InChI is InChI=1S/C25H27F2N3O3/c1-25(26,27)17-28-12-14-33-23-11-10-19(16-21(23)22-9-4-5-13-30(22)2)29-24(31)18-7-6-8-20(15-18)32-3/h4,6-11,13,15-16,28H,12,14,17H2,1-3H3,(H,29,31). The maximum atomic E-state index is 13.0. The molecule has 1 aliphatic heterocycles. The zero-order valence-electron chi connectivity index (χ0n) is 18.8. The lowest BCUT2D eigenvalue weighted by Gasteiger charge is -2.22. The van der Waals surface area contributed by atoms with Gasteiger partial charge in [0.1, 0.15) is 18.1 Å². The van der Waals surface area contributed by atoms with Crippen LogP contribution in [0, 0.1) is 0 Å². The Morgan fingerprint density at radius 1 is 1.21 bits per heavy atom. The average Bonchev–Trinajstić information content (AvgIpc) is 2.79. The van der Waals surface area contributed by atoms with Crippen molar-refractivity contribution in [2.45, 2.75) is 12.8 Å². The fraction of sp³-hybridized carbons (Fsp3) is 0.280. The smallest absolute Gasteiger partial charge is 0.257 e. The third-order valence-electron chi connectivity index (χ3n) is 4.80. The zero-order valence-corrected chi connectivity index (χ0v) is 18.8. The summed E-state index contributed by atoms with van der Waals surface area (Å²) in [4.78, 5) is 14.6. The SMILES string of the molecule is COc1cccc(C(=O)Nc2ccc(OCCNCC(C)(F)F)c(C3=CC=C=CN3C)c2)c1. The normalized spacial score (nSPS) is 13.0. The van der Waals surface area contributed by atoms with Gasteiger partial charge in [-0.2, -0.15) is 0 Å². The summed E-state index contributed by atoms with van der Waals surface area (Å²) < 4.78 is 37.0. The molecule has 0 unspecified atom stereocenters. The number of nitrogens with one attached hydrogen (secondary N) is 2. The summed E-state index contributed by atoms with van der Waals surface area (Å²) in [6, 6.07) is 12.2. The van der Waals surface area contributed by atoms with Crippen LogP contribution in [0.1, 0.15) is 22.8 Å². The maximum Gasteiger partial charge on any atom is 0.257 e. The van der Waals surface area contributed by atoms with Gasteiger partial charge in [0.05, 0.1) is 19.4 Å².